The Kier molecular flexibility index (Phi) is 5.63. The third-order valence-corrected chi connectivity index (χ3v) is 4.37. The number of nitrogens with zero attached hydrogens (tertiary/aromatic N) is 2. The van der Waals surface area contributed by atoms with Crippen molar-refractivity contribution in [3.05, 3.63) is 36.2 Å². The molecule has 0 saturated carbocycles. The largest absolute Gasteiger partial charge is 0.396 e. The monoisotopic (exact) mass is 322 g/mol. The third-order valence-electron chi connectivity index (χ3n) is 4.00. The second-order valence-electron chi connectivity index (χ2n) is 5.69. The lowest BCUT2D eigenvalue weighted by Gasteiger charge is -2.27. The van der Waals surface area contributed by atoms with E-state index in [1.165, 1.54) is 0 Å². The number of aryl methyl sites for hydroxylation is 2. The summed E-state index contributed by atoms with van der Waals surface area (Å²) in [5.74, 6) is 0.785. The molecular weight excluding hydrogens is 300 g/mol. The highest BCUT2D eigenvalue weighted by Gasteiger charge is 2.28. The van der Waals surface area contributed by atoms with Crippen molar-refractivity contribution in [3.8, 4) is 11.4 Å². The zero-order valence-electron chi connectivity index (χ0n) is 12.6. The highest BCUT2D eigenvalue weighted by Crippen LogP contribution is 2.28. The molecule has 0 fully saturated rings. The number of aliphatic hydroxyl groups excluding tert-OH is 3. The van der Waals surface area contributed by atoms with Crippen molar-refractivity contribution in [2.75, 3.05) is 19.8 Å². The van der Waals surface area contributed by atoms with Crippen molar-refractivity contribution in [2.45, 2.75) is 24.8 Å². The van der Waals surface area contributed by atoms with Crippen molar-refractivity contribution in [1.29, 1.82) is 0 Å². The van der Waals surface area contributed by atoms with Crippen molar-refractivity contribution < 1.29 is 15.3 Å². The smallest absolute Gasteiger partial charge is 0.141 e. The van der Waals surface area contributed by atoms with Crippen molar-refractivity contribution in [3.63, 3.8) is 0 Å². The third kappa shape index (κ3) is 3.52. The molecule has 1 aromatic carbocycles. The van der Waals surface area contributed by atoms with Crippen molar-refractivity contribution in [1.82, 2.24) is 9.55 Å². The molecule has 22 heavy (non-hydrogen) atoms. The molecule has 0 aliphatic heterocycles. The number of rotatable bonds is 7. The van der Waals surface area contributed by atoms with Crippen LogP contribution in [0.25, 0.3) is 11.4 Å². The Labute approximate surface area is 135 Å². The summed E-state index contributed by atoms with van der Waals surface area (Å²) in [5.41, 5.74) is 1.19. The van der Waals surface area contributed by atoms with E-state index >= 15 is 0 Å². The molecule has 6 heteroatoms. The minimum atomic E-state index is -0.876. The number of thiol groups is 1. The van der Waals surface area contributed by atoms with Crippen LogP contribution >= 0.6 is 12.6 Å². The summed E-state index contributed by atoms with van der Waals surface area (Å²) < 4.78 is 1.94. The van der Waals surface area contributed by atoms with Crippen LogP contribution in [-0.2, 0) is 6.54 Å². The van der Waals surface area contributed by atoms with Gasteiger partial charge in [0.1, 0.15) is 5.82 Å². The van der Waals surface area contributed by atoms with Gasteiger partial charge in [0, 0.05) is 34.8 Å². The average molecular weight is 322 g/mol. The number of benzene rings is 1. The van der Waals surface area contributed by atoms with Crippen molar-refractivity contribution >= 4 is 12.6 Å². The molecule has 0 aliphatic rings. The minimum Gasteiger partial charge on any atom is -0.396 e. The Bertz CT molecular complexity index is 615. The van der Waals surface area contributed by atoms with Gasteiger partial charge in [-0.15, -0.1) is 12.6 Å². The normalized spacial score (nSPS) is 11.9. The first kappa shape index (κ1) is 17.0. The van der Waals surface area contributed by atoms with Gasteiger partial charge >= 0.3 is 0 Å². The fourth-order valence-corrected chi connectivity index (χ4v) is 2.69. The summed E-state index contributed by atoms with van der Waals surface area (Å²) in [6.45, 7) is 1.78. The quantitative estimate of drug-likeness (QED) is 0.583. The van der Waals surface area contributed by atoms with E-state index in [-0.39, 0.29) is 19.8 Å². The molecule has 120 valence electrons. The van der Waals surface area contributed by atoms with Crippen LogP contribution in [0.15, 0.2) is 35.5 Å². The molecule has 0 bridgehead atoms. The molecule has 5 nitrogen and oxygen atoms in total. The van der Waals surface area contributed by atoms with Crippen LogP contribution in [-0.4, -0.2) is 44.7 Å². The Hall–Kier alpha value is -1.34. The van der Waals surface area contributed by atoms with E-state index in [0.717, 1.165) is 21.8 Å². The molecule has 0 amide bonds. The average Bonchev–Trinajstić information content (AvgIpc) is 2.97. The molecule has 0 radical (unpaired) electrons. The lowest BCUT2D eigenvalue weighted by Crippen LogP contribution is -2.35. The molecule has 1 heterocycles. The zero-order valence-corrected chi connectivity index (χ0v) is 13.5. The summed E-state index contributed by atoms with van der Waals surface area (Å²) >= 11 is 4.51. The van der Waals surface area contributed by atoms with Gasteiger partial charge in [-0.05, 0) is 31.0 Å². The predicted molar refractivity (Wildman–Crippen MR) is 88.0 cm³/mol. The second kappa shape index (κ2) is 7.28. The van der Waals surface area contributed by atoms with Gasteiger partial charge in [-0.3, -0.25) is 0 Å². The van der Waals surface area contributed by atoms with Crippen LogP contribution in [0, 0.1) is 12.3 Å². The molecular formula is C16H22N2O3S. The highest BCUT2D eigenvalue weighted by atomic mass is 32.1. The first-order chi connectivity index (χ1) is 10.5. The molecule has 0 unspecified atom stereocenters. The van der Waals surface area contributed by atoms with Gasteiger partial charge in [0.2, 0.25) is 0 Å². The van der Waals surface area contributed by atoms with Crippen molar-refractivity contribution in [2.24, 2.45) is 5.41 Å². The number of imidazole rings is 1. The van der Waals surface area contributed by atoms with E-state index in [0.29, 0.717) is 13.0 Å². The van der Waals surface area contributed by atoms with Crippen LogP contribution in [0.2, 0.25) is 0 Å². The zero-order chi connectivity index (χ0) is 16.2. The van der Waals surface area contributed by atoms with E-state index < -0.39 is 5.41 Å². The molecule has 2 aromatic rings. The Morgan fingerprint density at radius 3 is 2.45 bits per heavy atom. The standard InChI is InChI=1S/C16H22N2O3S/c1-12-2-3-13(14(22)8-12)15-17-5-7-18(15)6-4-16(9-19,10-20)11-21/h2-3,5,7-8,19-22H,4,6,9-11H2,1H3. The number of hydrogen-bond donors (Lipinski definition) is 4. The first-order valence-corrected chi connectivity index (χ1v) is 7.63. The lowest BCUT2D eigenvalue weighted by atomic mass is 9.87. The van der Waals surface area contributed by atoms with Gasteiger partial charge in [-0.25, -0.2) is 4.98 Å². The molecule has 0 saturated heterocycles. The molecule has 0 spiro atoms. The summed E-state index contributed by atoms with van der Waals surface area (Å²) in [5, 5.41) is 28.2. The predicted octanol–water partition coefficient (Wildman–Crippen LogP) is 1.50. The number of aliphatic hydroxyl groups is 3. The van der Waals surface area contributed by atoms with Crippen LogP contribution in [0.4, 0.5) is 0 Å². The molecule has 2 rings (SSSR count). The van der Waals surface area contributed by atoms with E-state index in [9.17, 15) is 15.3 Å². The lowest BCUT2D eigenvalue weighted by molar-refractivity contribution is -0.00335. The van der Waals surface area contributed by atoms with E-state index in [1.54, 1.807) is 6.20 Å². The fourth-order valence-electron chi connectivity index (χ4n) is 2.31. The van der Waals surface area contributed by atoms with Crippen LogP contribution < -0.4 is 0 Å². The summed E-state index contributed by atoms with van der Waals surface area (Å²) in [6.07, 6.45) is 4.01. The molecule has 3 N–H and O–H groups in total. The SMILES string of the molecule is Cc1ccc(-c2nccn2CCC(CO)(CO)CO)c(S)c1. The van der Waals surface area contributed by atoms with Gasteiger partial charge in [-0.2, -0.15) is 0 Å². The van der Waals surface area contributed by atoms with E-state index in [1.807, 2.05) is 35.9 Å². The summed E-state index contributed by atoms with van der Waals surface area (Å²) in [4.78, 5) is 5.23. The summed E-state index contributed by atoms with van der Waals surface area (Å²) in [7, 11) is 0. The van der Waals surface area contributed by atoms with E-state index in [4.69, 9.17) is 0 Å². The van der Waals surface area contributed by atoms with Crippen LogP contribution in [0.1, 0.15) is 12.0 Å². The second-order valence-corrected chi connectivity index (χ2v) is 6.17. The maximum Gasteiger partial charge on any atom is 0.141 e. The molecule has 0 atom stereocenters. The van der Waals surface area contributed by atoms with Crippen LogP contribution in [0.3, 0.4) is 0 Å². The van der Waals surface area contributed by atoms with Gasteiger partial charge in [0.25, 0.3) is 0 Å². The minimum absolute atomic E-state index is 0.258. The highest BCUT2D eigenvalue weighted by molar-refractivity contribution is 7.80. The van der Waals surface area contributed by atoms with Crippen LogP contribution in [0.5, 0.6) is 0 Å². The van der Waals surface area contributed by atoms with Gasteiger partial charge in [0.05, 0.1) is 19.8 Å². The summed E-state index contributed by atoms with van der Waals surface area (Å²) in [6, 6.07) is 5.97. The maximum atomic E-state index is 9.41. The van der Waals surface area contributed by atoms with E-state index in [2.05, 4.69) is 17.6 Å². The number of aromatic nitrogens is 2. The number of hydrogen-bond acceptors (Lipinski definition) is 5. The molecule has 1 aromatic heterocycles. The Balaban J connectivity index is 2.23. The van der Waals surface area contributed by atoms with Gasteiger partial charge < -0.3 is 19.9 Å². The fraction of sp³-hybridized carbons (Fsp3) is 0.438. The Morgan fingerprint density at radius 1 is 1.18 bits per heavy atom. The molecule has 0 aliphatic carbocycles. The maximum absolute atomic E-state index is 9.41. The van der Waals surface area contributed by atoms with Gasteiger partial charge in [-0.1, -0.05) is 6.07 Å². The first-order valence-electron chi connectivity index (χ1n) is 7.19. The Morgan fingerprint density at radius 2 is 1.86 bits per heavy atom. The topological polar surface area (TPSA) is 78.5 Å². The van der Waals surface area contributed by atoms with Gasteiger partial charge in [0.15, 0.2) is 0 Å².